The first-order chi connectivity index (χ1) is 9.19. The van der Waals surface area contributed by atoms with Crippen molar-refractivity contribution in [2.24, 2.45) is 0 Å². The van der Waals surface area contributed by atoms with E-state index in [1.165, 1.54) is 0 Å². The molecule has 0 fully saturated rings. The summed E-state index contributed by atoms with van der Waals surface area (Å²) >= 11 is 0. The molecule has 0 saturated heterocycles. The van der Waals surface area contributed by atoms with Crippen molar-refractivity contribution in [1.82, 2.24) is 0 Å². The second kappa shape index (κ2) is 6.47. The highest BCUT2D eigenvalue weighted by Crippen LogP contribution is 2.24. The van der Waals surface area contributed by atoms with Gasteiger partial charge in [0.25, 0.3) is 0 Å². The van der Waals surface area contributed by atoms with E-state index in [0.29, 0.717) is 0 Å². The van der Waals surface area contributed by atoms with Crippen LogP contribution in [0.2, 0.25) is 0 Å². The van der Waals surface area contributed by atoms with E-state index in [4.69, 9.17) is 9.84 Å². The van der Waals surface area contributed by atoms with Gasteiger partial charge in [0.1, 0.15) is 6.61 Å². The fourth-order valence-corrected chi connectivity index (χ4v) is 1.66. The smallest absolute Gasteiger partial charge is 0.328 e. The number of hydrogen-bond donors (Lipinski definition) is 1. The van der Waals surface area contributed by atoms with Crippen LogP contribution >= 0.6 is 0 Å². The maximum atomic E-state index is 13.6. The molecule has 0 aliphatic rings. The molecule has 0 amide bonds. The Balaban J connectivity index is 2.86. The van der Waals surface area contributed by atoms with Crippen molar-refractivity contribution >= 4 is 21.9 Å². The van der Waals surface area contributed by atoms with Crippen molar-refractivity contribution in [2.75, 3.05) is 18.6 Å². The zero-order valence-electron chi connectivity index (χ0n) is 10.5. The van der Waals surface area contributed by atoms with Crippen LogP contribution < -0.4 is 4.74 Å². The van der Waals surface area contributed by atoms with Gasteiger partial charge in [0.15, 0.2) is 27.2 Å². The van der Waals surface area contributed by atoms with Crippen molar-refractivity contribution in [1.29, 1.82) is 0 Å². The Bertz CT molecular complexity index is 614. The molecular formula is C12H12F2O5S. The van der Waals surface area contributed by atoms with E-state index < -0.39 is 33.2 Å². The molecule has 0 atom stereocenters. The highest BCUT2D eigenvalue weighted by Gasteiger charge is 2.13. The number of sulfone groups is 1. The van der Waals surface area contributed by atoms with Crippen molar-refractivity contribution in [2.45, 2.75) is 0 Å². The highest BCUT2D eigenvalue weighted by atomic mass is 32.2. The van der Waals surface area contributed by atoms with Gasteiger partial charge in [0.2, 0.25) is 0 Å². The minimum Gasteiger partial charge on any atom is -0.487 e. The molecule has 1 aromatic rings. The van der Waals surface area contributed by atoms with Gasteiger partial charge in [-0.2, -0.15) is 0 Å². The van der Waals surface area contributed by atoms with Crippen molar-refractivity contribution in [3.05, 3.63) is 35.4 Å². The van der Waals surface area contributed by atoms with Crippen LogP contribution in [0.15, 0.2) is 18.2 Å². The minimum atomic E-state index is -3.29. The number of carbonyl (C=O) groups is 1. The lowest BCUT2D eigenvalue weighted by Crippen LogP contribution is -2.13. The predicted molar refractivity (Wildman–Crippen MR) is 68.2 cm³/mol. The molecule has 1 N–H and O–H groups in total. The number of carboxylic acids is 1. The van der Waals surface area contributed by atoms with Crippen LogP contribution in [0.4, 0.5) is 8.78 Å². The van der Waals surface area contributed by atoms with Gasteiger partial charge >= 0.3 is 5.97 Å². The highest BCUT2D eigenvalue weighted by molar-refractivity contribution is 7.90. The Morgan fingerprint density at radius 3 is 2.35 bits per heavy atom. The molecule has 1 rings (SSSR count). The molecule has 0 bridgehead atoms. The average Bonchev–Trinajstić information content (AvgIpc) is 2.28. The third-order valence-electron chi connectivity index (χ3n) is 2.14. The normalized spacial score (nSPS) is 11.8. The Morgan fingerprint density at radius 2 is 1.90 bits per heavy atom. The molecule has 0 aliphatic carbocycles. The maximum absolute atomic E-state index is 13.6. The fourth-order valence-electron chi connectivity index (χ4n) is 1.28. The first-order valence-corrected chi connectivity index (χ1v) is 7.45. The van der Waals surface area contributed by atoms with E-state index >= 15 is 0 Å². The molecule has 0 aromatic heterocycles. The number of benzene rings is 1. The number of hydrogen-bond acceptors (Lipinski definition) is 4. The minimum absolute atomic E-state index is 0.0119. The summed E-state index contributed by atoms with van der Waals surface area (Å²) in [6.07, 6.45) is 2.73. The zero-order chi connectivity index (χ0) is 15.3. The van der Waals surface area contributed by atoms with Crippen LogP contribution in [0.3, 0.4) is 0 Å². The molecule has 5 nitrogen and oxygen atoms in total. The van der Waals surface area contributed by atoms with Gasteiger partial charge in [0, 0.05) is 12.3 Å². The van der Waals surface area contributed by atoms with Crippen LogP contribution in [0.5, 0.6) is 5.75 Å². The Kier molecular flexibility index (Phi) is 5.20. The largest absolute Gasteiger partial charge is 0.487 e. The maximum Gasteiger partial charge on any atom is 0.328 e. The molecule has 0 heterocycles. The summed E-state index contributed by atoms with van der Waals surface area (Å²) in [5, 5.41) is 8.40. The SMILES string of the molecule is CS(=O)(=O)CCOc1c(F)cc(C=CC(=O)O)cc1F. The van der Waals surface area contributed by atoms with E-state index in [9.17, 15) is 22.0 Å². The Hall–Kier alpha value is -1.96. The second-order valence-electron chi connectivity index (χ2n) is 3.96. The summed E-state index contributed by atoms with van der Waals surface area (Å²) in [6, 6.07) is 1.77. The molecule has 110 valence electrons. The molecular weight excluding hydrogens is 294 g/mol. The molecule has 0 radical (unpaired) electrons. The summed E-state index contributed by atoms with van der Waals surface area (Å²) < 4.78 is 53.6. The van der Waals surface area contributed by atoms with Crippen LogP contribution in [0.25, 0.3) is 6.08 Å². The predicted octanol–water partition coefficient (Wildman–Crippen LogP) is 1.49. The summed E-state index contributed by atoms with van der Waals surface area (Å²) in [5.41, 5.74) is 0.0119. The first-order valence-electron chi connectivity index (χ1n) is 5.39. The van der Waals surface area contributed by atoms with Crippen molar-refractivity contribution in [3.63, 3.8) is 0 Å². The number of rotatable bonds is 6. The van der Waals surface area contributed by atoms with Crippen LogP contribution in [0, 0.1) is 11.6 Å². The first kappa shape index (κ1) is 16.1. The van der Waals surface area contributed by atoms with Crippen LogP contribution in [0.1, 0.15) is 5.56 Å². The number of ether oxygens (including phenoxy) is 1. The van der Waals surface area contributed by atoms with E-state index in [1.54, 1.807) is 0 Å². The second-order valence-corrected chi connectivity index (χ2v) is 6.22. The van der Waals surface area contributed by atoms with E-state index in [2.05, 4.69) is 0 Å². The number of halogens is 2. The molecule has 8 heteroatoms. The summed E-state index contributed by atoms with van der Waals surface area (Å²) in [5.74, 6) is -4.39. The van der Waals surface area contributed by atoms with Gasteiger partial charge in [-0.3, -0.25) is 0 Å². The van der Waals surface area contributed by atoms with E-state index in [-0.39, 0.29) is 17.9 Å². The third kappa shape index (κ3) is 5.35. The van der Waals surface area contributed by atoms with E-state index in [1.807, 2.05) is 0 Å². The van der Waals surface area contributed by atoms with Crippen molar-refractivity contribution < 1.29 is 31.8 Å². The average molecular weight is 306 g/mol. The van der Waals surface area contributed by atoms with Gasteiger partial charge in [-0.25, -0.2) is 22.0 Å². The van der Waals surface area contributed by atoms with E-state index in [0.717, 1.165) is 30.5 Å². The van der Waals surface area contributed by atoms with Crippen molar-refractivity contribution in [3.8, 4) is 5.75 Å². The topological polar surface area (TPSA) is 80.7 Å². The van der Waals surface area contributed by atoms with Gasteiger partial charge in [-0.15, -0.1) is 0 Å². The lowest BCUT2D eigenvalue weighted by molar-refractivity contribution is -0.131. The Labute approximate surface area is 114 Å². The lowest BCUT2D eigenvalue weighted by Gasteiger charge is -2.08. The number of aliphatic carboxylic acids is 1. The van der Waals surface area contributed by atoms with Gasteiger partial charge in [-0.05, 0) is 23.8 Å². The van der Waals surface area contributed by atoms with Gasteiger partial charge in [0.05, 0.1) is 5.75 Å². The molecule has 0 spiro atoms. The third-order valence-corrected chi connectivity index (χ3v) is 3.05. The molecule has 0 aliphatic heterocycles. The standard InChI is InChI=1S/C12H12F2O5S/c1-20(17,18)5-4-19-12-9(13)6-8(7-10(12)14)2-3-11(15)16/h2-3,6-7H,4-5H2,1H3,(H,15,16). The molecule has 20 heavy (non-hydrogen) atoms. The fraction of sp³-hybridized carbons (Fsp3) is 0.250. The summed E-state index contributed by atoms with van der Waals surface area (Å²) in [6.45, 7) is -0.378. The van der Waals surface area contributed by atoms with Crippen LogP contribution in [-0.2, 0) is 14.6 Å². The molecule has 1 aromatic carbocycles. The van der Waals surface area contributed by atoms with Gasteiger partial charge in [-0.1, -0.05) is 0 Å². The molecule has 0 unspecified atom stereocenters. The quantitative estimate of drug-likeness (QED) is 0.805. The zero-order valence-corrected chi connectivity index (χ0v) is 11.3. The monoisotopic (exact) mass is 306 g/mol. The number of carboxylic acid groups (broad SMARTS) is 1. The Morgan fingerprint density at radius 1 is 1.35 bits per heavy atom. The molecule has 0 saturated carbocycles. The summed E-state index contributed by atoms with van der Waals surface area (Å²) in [4.78, 5) is 10.3. The summed E-state index contributed by atoms with van der Waals surface area (Å²) in [7, 11) is -3.29. The lowest BCUT2D eigenvalue weighted by atomic mass is 10.2. The van der Waals surface area contributed by atoms with Crippen LogP contribution in [-0.4, -0.2) is 38.1 Å². The van der Waals surface area contributed by atoms with Gasteiger partial charge < -0.3 is 9.84 Å².